The van der Waals surface area contributed by atoms with E-state index in [2.05, 4.69) is 82.4 Å². The van der Waals surface area contributed by atoms with Crippen molar-refractivity contribution in [2.24, 2.45) is 10.2 Å². The number of nitrogens with zero attached hydrogens (tertiary/aromatic N) is 6. The number of hydrogen-bond donors (Lipinski definition) is 0. The molecule has 0 fully saturated rings. The number of rotatable bonds is 7. The van der Waals surface area contributed by atoms with Gasteiger partial charge in [0.25, 0.3) is 0 Å². The highest BCUT2D eigenvalue weighted by Gasteiger charge is 2.20. The molecule has 0 bridgehead atoms. The van der Waals surface area contributed by atoms with E-state index < -0.39 is 0 Å². The lowest BCUT2D eigenvalue weighted by molar-refractivity contribution is -0.686. The normalized spacial score (nSPS) is 11.3. The highest BCUT2D eigenvalue weighted by Crippen LogP contribution is 2.13. The van der Waals surface area contributed by atoms with Crippen molar-refractivity contribution in [2.45, 2.75) is 19.8 Å². The van der Waals surface area contributed by atoms with Crippen LogP contribution in [0, 0.1) is 0 Å². The molecular weight excluding hydrogens is 452 g/mol. The molecule has 0 aliphatic heterocycles. The van der Waals surface area contributed by atoms with Gasteiger partial charge in [-0.25, -0.2) is 0 Å². The molecule has 0 radical (unpaired) electrons. The van der Waals surface area contributed by atoms with E-state index >= 15 is 0 Å². The van der Waals surface area contributed by atoms with E-state index in [4.69, 9.17) is 0 Å². The van der Waals surface area contributed by atoms with Crippen molar-refractivity contribution in [3.8, 4) is 0 Å². The Labute approximate surface area is 195 Å². The second-order valence-corrected chi connectivity index (χ2v) is 7.96. The van der Waals surface area contributed by atoms with Crippen LogP contribution in [0.5, 0.6) is 0 Å². The molecule has 164 valence electrons. The van der Waals surface area contributed by atoms with E-state index in [-0.39, 0.29) is 22.9 Å². The average molecular weight is 483 g/mol. The maximum atomic E-state index is 4.66. The van der Waals surface area contributed by atoms with Gasteiger partial charge in [-0.2, -0.15) is 0 Å². The molecule has 0 spiro atoms. The molecule has 0 atom stereocenters. The zero-order chi connectivity index (χ0) is 21.7. The predicted molar refractivity (Wildman–Crippen MR) is 126 cm³/mol. The van der Waals surface area contributed by atoms with Gasteiger partial charge in [0.2, 0.25) is 0 Å². The quantitative estimate of drug-likeness (QED) is 0.369. The Kier molecular flexibility index (Phi) is 8.56. The minimum atomic E-state index is 0. The highest BCUT2D eigenvalue weighted by atomic mass is 79.9. The fourth-order valence-corrected chi connectivity index (χ4v) is 3.08. The van der Waals surface area contributed by atoms with E-state index in [9.17, 15) is 0 Å². The van der Waals surface area contributed by atoms with Crippen LogP contribution in [-0.2, 0) is 0 Å². The Bertz CT molecular complexity index is 936. The molecule has 0 amide bonds. The van der Waals surface area contributed by atoms with Crippen molar-refractivity contribution in [3.05, 3.63) is 77.9 Å². The Morgan fingerprint density at radius 2 is 1.29 bits per heavy atom. The number of hydrogen-bond acceptors (Lipinski definition) is 4. The van der Waals surface area contributed by atoms with Gasteiger partial charge in [0.15, 0.2) is 12.4 Å². The average Bonchev–Trinajstić information content (AvgIpc) is 3.14. The number of anilines is 2. The third-order valence-electron chi connectivity index (χ3n) is 4.82. The minimum Gasteiger partial charge on any atom is -1.00 e. The van der Waals surface area contributed by atoms with Gasteiger partial charge in [-0.15, -0.1) is 9.35 Å². The molecule has 2 aromatic carbocycles. The van der Waals surface area contributed by atoms with Crippen molar-refractivity contribution in [1.82, 2.24) is 4.68 Å². The molecule has 1 aromatic heterocycles. The van der Waals surface area contributed by atoms with Crippen molar-refractivity contribution >= 4 is 23.8 Å². The van der Waals surface area contributed by atoms with Crippen LogP contribution in [0.2, 0.25) is 0 Å². The summed E-state index contributed by atoms with van der Waals surface area (Å²) in [5.41, 5.74) is 4.45. The molecule has 7 heteroatoms. The zero-order valence-corrected chi connectivity index (χ0v) is 20.7. The summed E-state index contributed by atoms with van der Waals surface area (Å²) < 4.78 is 3.77. The molecule has 3 aromatic rings. The summed E-state index contributed by atoms with van der Waals surface area (Å²) in [6, 6.07) is 16.6. The molecular formula is C24H31BrN6. The van der Waals surface area contributed by atoms with Gasteiger partial charge in [-0.3, -0.25) is 0 Å². The monoisotopic (exact) mass is 482 g/mol. The van der Waals surface area contributed by atoms with Crippen LogP contribution in [0.1, 0.15) is 36.7 Å². The van der Waals surface area contributed by atoms with Crippen LogP contribution in [0.25, 0.3) is 0 Å². The second kappa shape index (κ2) is 10.9. The van der Waals surface area contributed by atoms with Gasteiger partial charge in [-0.1, -0.05) is 48.3 Å². The lowest BCUT2D eigenvalue weighted by Gasteiger charge is -2.11. The van der Waals surface area contributed by atoms with E-state index in [1.807, 2.05) is 62.4 Å². The summed E-state index contributed by atoms with van der Waals surface area (Å²) in [5, 5.41) is 9.31. The van der Waals surface area contributed by atoms with Crippen LogP contribution < -0.4 is 31.5 Å². The lowest BCUT2D eigenvalue weighted by Crippen LogP contribution is -3.00. The van der Waals surface area contributed by atoms with Gasteiger partial charge in [-0.05, 0) is 35.4 Å². The van der Waals surface area contributed by atoms with E-state index in [0.717, 1.165) is 17.0 Å². The summed E-state index contributed by atoms with van der Waals surface area (Å²) in [4.78, 5) is 4.16. The SMILES string of the molecule is CC(C)c1n(N=Cc2ccc(N(C)C)cc2)cc[n+]1N=Cc1ccc(N(C)C)cc1.[Br-]. The van der Waals surface area contributed by atoms with Crippen LogP contribution in [0.4, 0.5) is 11.4 Å². The van der Waals surface area contributed by atoms with Crippen molar-refractivity contribution < 1.29 is 21.7 Å². The standard InChI is InChI=1S/C24H31N6.BrH/c1-19(2)24-29(25-17-20-7-11-22(12-8-20)27(3)4)15-16-30(24)26-18-21-9-13-23(14-10-21)28(5)6;/h7-19H,1-6H3;1H/q+1;/p-1. The fraction of sp³-hybridized carbons (Fsp3) is 0.292. The Balaban J connectivity index is 0.00000341. The molecule has 31 heavy (non-hydrogen) atoms. The maximum Gasteiger partial charge on any atom is 0.310 e. The molecule has 0 N–H and O–H groups in total. The number of benzene rings is 2. The minimum absolute atomic E-state index is 0. The van der Waals surface area contributed by atoms with E-state index in [0.29, 0.717) is 0 Å². The highest BCUT2D eigenvalue weighted by molar-refractivity contribution is 5.80. The van der Waals surface area contributed by atoms with Gasteiger partial charge < -0.3 is 26.8 Å². The molecule has 1 heterocycles. The molecule has 3 rings (SSSR count). The van der Waals surface area contributed by atoms with Gasteiger partial charge in [0.1, 0.15) is 0 Å². The summed E-state index contributed by atoms with van der Waals surface area (Å²) >= 11 is 0. The van der Waals surface area contributed by atoms with E-state index in [1.54, 1.807) is 0 Å². The largest absolute Gasteiger partial charge is 1.00 e. The summed E-state index contributed by atoms with van der Waals surface area (Å²) in [6.45, 7) is 4.29. The second-order valence-electron chi connectivity index (χ2n) is 7.96. The van der Waals surface area contributed by atoms with Gasteiger partial charge in [0.05, 0.1) is 18.3 Å². The maximum absolute atomic E-state index is 4.66. The van der Waals surface area contributed by atoms with Crippen molar-refractivity contribution in [3.63, 3.8) is 0 Å². The first kappa shape index (κ1) is 24.3. The van der Waals surface area contributed by atoms with Crippen molar-refractivity contribution in [2.75, 3.05) is 38.0 Å². The number of aromatic nitrogens is 2. The molecule has 0 saturated carbocycles. The van der Waals surface area contributed by atoms with E-state index in [1.165, 1.54) is 11.4 Å². The summed E-state index contributed by atoms with van der Waals surface area (Å²) in [7, 11) is 8.14. The zero-order valence-electron chi connectivity index (χ0n) is 19.1. The van der Waals surface area contributed by atoms with Gasteiger partial charge in [0, 0.05) is 39.6 Å². The lowest BCUT2D eigenvalue weighted by atomic mass is 10.2. The summed E-state index contributed by atoms with van der Waals surface area (Å²) in [6.07, 6.45) is 7.62. The Morgan fingerprint density at radius 1 is 0.806 bits per heavy atom. The Hall–Kier alpha value is -2.93. The molecule has 0 saturated heterocycles. The van der Waals surface area contributed by atoms with Gasteiger partial charge >= 0.3 is 5.82 Å². The topological polar surface area (TPSA) is 40.0 Å². The molecule has 0 unspecified atom stereocenters. The predicted octanol–water partition coefficient (Wildman–Crippen LogP) is 0.799. The fourth-order valence-electron chi connectivity index (χ4n) is 3.08. The summed E-state index contributed by atoms with van der Waals surface area (Å²) in [5.74, 6) is 1.28. The third-order valence-corrected chi connectivity index (χ3v) is 4.82. The molecule has 0 aliphatic carbocycles. The number of halogens is 1. The molecule has 6 nitrogen and oxygen atoms in total. The van der Waals surface area contributed by atoms with Crippen LogP contribution in [0.15, 0.2) is 71.1 Å². The third kappa shape index (κ3) is 6.28. The number of imidazole rings is 1. The first-order valence-corrected chi connectivity index (χ1v) is 10.1. The molecule has 0 aliphatic rings. The first-order chi connectivity index (χ1) is 14.3. The van der Waals surface area contributed by atoms with Crippen LogP contribution in [-0.4, -0.2) is 45.3 Å². The Morgan fingerprint density at radius 3 is 1.74 bits per heavy atom. The van der Waals surface area contributed by atoms with Crippen LogP contribution in [0.3, 0.4) is 0 Å². The van der Waals surface area contributed by atoms with Crippen molar-refractivity contribution in [1.29, 1.82) is 0 Å². The van der Waals surface area contributed by atoms with Crippen LogP contribution >= 0.6 is 0 Å². The smallest absolute Gasteiger partial charge is 0.310 e. The first-order valence-electron chi connectivity index (χ1n) is 10.1.